The molecule has 3 aromatic rings. The Kier molecular flexibility index (Phi) is 5.18. The first-order valence-corrected chi connectivity index (χ1v) is 9.30. The summed E-state index contributed by atoms with van der Waals surface area (Å²) in [6.07, 6.45) is 3.28. The normalized spacial score (nSPS) is 16.9. The fourth-order valence-corrected chi connectivity index (χ4v) is 3.53. The van der Waals surface area contributed by atoms with E-state index in [-0.39, 0.29) is 11.7 Å². The van der Waals surface area contributed by atoms with Gasteiger partial charge >= 0.3 is 0 Å². The van der Waals surface area contributed by atoms with Gasteiger partial charge in [0, 0.05) is 44.2 Å². The molecule has 1 fully saturated rings. The molecule has 0 bridgehead atoms. The Morgan fingerprint density at radius 2 is 2.00 bits per heavy atom. The Balaban J connectivity index is 1.69. The number of nitrogens with zero attached hydrogens (tertiary/aromatic N) is 4. The summed E-state index contributed by atoms with van der Waals surface area (Å²) in [6, 6.07) is 13.3. The second-order valence-corrected chi connectivity index (χ2v) is 6.78. The Morgan fingerprint density at radius 3 is 2.79 bits per heavy atom. The van der Waals surface area contributed by atoms with E-state index < -0.39 is 0 Å². The lowest BCUT2D eigenvalue weighted by molar-refractivity contribution is 0.0384. The Morgan fingerprint density at radius 1 is 1.21 bits per heavy atom. The van der Waals surface area contributed by atoms with Gasteiger partial charge in [0.15, 0.2) is 0 Å². The van der Waals surface area contributed by atoms with Crippen molar-refractivity contribution in [1.29, 1.82) is 0 Å². The molecule has 7 nitrogen and oxygen atoms in total. The molecule has 2 N–H and O–H groups in total. The molecule has 0 spiro atoms. The van der Waals surface area contributed by atoms with E-state index in [9.17, 15) is 4.79 Å². The molecule has 0 saturated carbocycles. The third kappa shape index (κ3) is 3.54. The minimum Gasteiger partial charge on any atom is -0.370 e. The highest BCUT2D eigenvalue weighted by Gasteiger charge is 2.26. The minimum absolute atomic E-state index is 0.0952. The van der Waals surface area contributed by atoms with Crippen molar-refractivity contribution < 1.29 is 4.74 Å². The lowest BCUT2D eigenvalue weighted by Crippen LogP contribution is -2.42. The van der Waals surface area contributed by atoms with Crippen LogP contribution in [-0.4, -0.2) is 34.2 Å². The van der Waals surface area contributed by atoms with E-state index >= 15 is 0 Å². The standard InChI is InChI=1S/C21H23N5O2/c1-25-20(27)12-18(15-6-8-23-9-7-15)24-21(25)26-10-11-28-19(14-26)17-5-3-2-4-16(17)13-22/h2-9,12,19H,10-11,13-14,22H2,1H3. The largest absolute Gasteiger partial charge is 0.370 e. The molecule has 2 aromatic heterocycles. The summed E-state index contributed by atoms with van der Waals surface area (Å²) >= 11 is 0. The van der Waals surface area contributed by atoms with E-state index in [2.05, 4.69) is 16.0 Å². The molecule has 28 heavy (non-hydrogen) atoms. The molecule has 1 aliphatic rings. The molecule has 144 valence electrons. The second kappa shape index (κ2) is 7.92. The van der Waals surface area contributed by atoms with E-state index in [4.69, 9.17) is 15.5 Å². The van der Waals surface area contributed by atoms with Gasteiger partial charge in [0.2, 0.25) is 5.95 Å². The molecule has 1 saturated heterocycles. The molecular weight excluding hydrogens is 354 g/mol. The summed E-state index contributed by atoms with van der Waals surface area (Å²) in [5.74, 6) is 0.637. The predicted molar refractivity (Wildman–Crippen MR) is 108 cm³/mol. The minimum atomic E-state index is -0.116. The highest BCUT2D eigenvalue weighted by molar-refractivity contribution is 5.59. The molecule has 1 unspecified atom stereocenters. The van der Waals surface area contributed by atoms with Crippen LogP contribution in [0.4, 0.5) is 5.95 Å². The highest BCUT2D eigenvalue weighted by Crippen LogP contribution is 2.28. The van der Waals surface area contributed by atoms with Crippen LogP contribution in [-0.2, 0) is 18.3 Å². The van der Waals surface area contributed by atoms with E-state index in [1.807, 2.05) is 30.3 Å². The van der Waals surface area contributed by atoms with Crippen molar-refractivity contribution in [1.82, 2.24) is 14.5 Å². The molecule has 1 aliphatic heterocycles. The van der Waals surface area contributed by atoms with E-state index in [0.717, 1.165) is 16.7 Å². The zero-order chi connectivity index (χ0) is 19.5. The van der Waals surface area contributed by atoms with Crippen LogP contribution >= 0.6 is 0 Å². The maximum absolute atomic E-state index is 12.6. The van der Waals surface area contributed by atoms with E-state index in [0.29, 0.717) is 37.9 Å². The number of morpholine rings is 1. The number of pyridine rings is 1. The van der Waals surface area contributed by atoms with Gasteiger partial charge in [-0.2, -0.15) is 0 Å². The van der Waals surface area contributed by atoms with Crippen LogP contribution in [0.15, 0.2) is 59.7 Å². The quantitative estimate of drug-likeness (QED) is 0.747. The van der Waals surface area contributed by atoms with Crippen molar-refractivity contribution in [2.24, 2.45) is 12.8 Å². The van der Waals surface area contributed by atoms with Gasteiger partial charge in [-0.3, -0.25) is 14.3 Å². The Hall–Kier alpha value is -3.03. The fourth-order valence-electron chi connectivity index (χ4n) is 3.53. The molecule has 1 aromatic carbocycles. The van der Waals surface area contributed by atoms with Crippen LogP contribution in [0.2, 0.25) is 0 Å². The van der Waals surface area contributed by atoms with Gasteiger partial charge in [0.25, 0.3) is 5.56 Å². The second-order valence-electron chi connectivity index (χ2n) is 6.78. The third-order valence-electron chi connectivity index (χ3n) is 5.06. The first-order chi connectivity index (χ1) is 13.7. The lowest BCUT2D eigenvalue weighted by Gasteiger charge is -2.35. The van der Waals surface area contributed by atoms with Crippen molar-refractivity contribution in [2.75, 3.05) is 24.6 Å². The number of aromatic nitrogens is 3. The van der Waals surface area contributed by atoms with Gasteiger partial charge in [-0.1, -0.05) is 24.3 Å². The Labute approximate surface area is 163 Å². The van der Waals surface area contributed by atoms with Crippen LogP contribution in [0.25, 0.3) is 11.3 Å². The smallest absolute Gasteiger partial charge is 0.255 e. The zero-order valence-corrected chi connectivity index (χ0v) is 15.8. The molecule has 0 amide bonds. The summed E-state index contributed by atoms with van der Waals surface area (Å²) in [6.45, 7) is 2.29. The van der Waals surface area contributed by atoms with Gasteiger partial charge in [-0.15, -0.1) is 0 Å². The van der Waals surface area contributed by atoms with Gasteiger partial charge in [0.1, 0.15) is 6.10 Å². The average molecular weight is 377 g/mol. The number of ether oxygens (including phenoxy) is 1. The van der Waals surface area contributed by atoms with Crippen LogP contribution in [0.3, 0.4) is 0 Å². The van der Waals surface area contributed by atoms with E-state index in [1.54, 1.807) is 30.1 Å². The molecule has 1 atom stereocenters. The van der Waals surface area contributed by atoms with Gasteiger partial charge in [-0.25, -0.2) is 4.98 Å². The fraction of sp³-hybridized carbons (Fsp3) is 0.286. The number of anilines is 1. The summed E-state index contributed by atoms with van der Waals surface area (Å²) < 4.78 is 7.61. The molecule has 7 heteroatoms. The highest BCUT2D eigenvalue weighted by atomic mass is 16.5. The first kappa shape index (κ1) is 18.3. The molecule has 0 aliphatic carbocycles. The first-order valence-electron chi connectivity index (χ1n) is 9.30. The molecular formula is C21H23N5O2. The van der Waals surface area contributed by atoms with Gasteiger partial charge < -0.3 is 15.4 Å². The maximum Gasteiger partial charge on any atom is 0.255 e. The number of hydrogen-bond donors (Lipinski definition) is 1. The summed E-state index contributed by atoms with van der Waals surface area (Å²) in [5.41, 5.74) is 9.48. The van der Waals surface area contributed by atoms with Crippen molar-refractivity contribution in [3.05, 3.63) is 76.3 Å². The number of nitrogens with two attached hydrogens (primary N) is 1. The van der Waals surface area contributed by atoms with Gasteiger partial charge in [0.05, 0.1) is 18.8 Å². The monoisotopic (exact) mass is 377 g/mol. The van der Waals surface area contributed by atoms with Gasteiger partial charge in [-0.05, 0) is 23.3 Å². The Bertz CT molecular complexity index is 1020. The third-order valence-corrected chi connectivity index (χ3v) is 5.06. The SMILES string of the molecule is Cn1c(N2CCOC(c3ccccc3CN)C2)nc(-c2ccncc2)cc1=O. The van der Waals surface area contributed by atoms with Crippen molar-refractivity contribution in [3.63, 3.8) is 0 Å². The summed E-state index contributed by atoms with van der Waals surface area (Å²) in [7, 11) is 1.75. The number of hydrogen-bond acceptors (Lipinski definition) is 6. The van der Waals surface area contributed by atoms with Crippen molar-refractivity contribution in [2.45, 2.75) is 12.6 Å². The van der Waals surface area contributed by atoms with E-state index in [1.165, 1.54) is 0 Å². The summed E-state index contributed by atoms with van der Waals surface area (Å²) in [4.78, 5) is 23.5. The molecule has 4 rings (SSSR count). The molecule has 3 heterocycles. The van der Waals surface area contributed by atoms with Crippen LogP contribution in [0, 0.1) is 0 Å². The molecule has 0 radical (unpaired) electrons. The van der Waals surface area contributed by atoms with Crippen molar-refractivity contribution in [3.8, 4) is 11.3 Å². The topological polar surface area (TPSA) is 86.3 Å². The average Bonchev–Trinajstić information content (AvgIpc) is 2.76. The summed E-state index contributed by atoms with van der Waals surface area (Å²) in [5, 5.41) is 0. The van der Waals surface area contributed by atoms with Crippen LogP contribution < -0.4 is 16.2 Å². The maximum atomic E-state index is 12.6. The lowest BCUT2D eigenvalue weighted by atomic mass is 10.0. The van der Waals surface area contributed by atoms with Crippen molar-refractivity contribution >= 4 is 5.95 Å². The number of rotatable bonds is 4. The van der Waals surface area contributed by atoms with Crippen LogP contribution in [0.5, 0.6) is 0 Å². The zero-order valence-electron chi connectivity index (χ0n) is 15.8. The van der Waals surface area contributed by atoms with Crippen LogP contribution in [0.1, 0.15) is 17.2 Å². The predicted octanol–water partition coefficient (Wildman–Crippen LogP) is 1.88. The number of benzene rings is 1.